The number of fused-ring (bicyclic) bond motifs is 1. The molecule has 2 aromatic carbocycles. The van der Waals surface area contributed by atoms with Crippen molar-refractivity contribution in [2.45, 2.75) is 0 Å². The summed E-state index contributed by atoms with van der Waals surface area (Å²) < 4.78 is 11.0. The van der Waals surface area contributed by atoms with E-state index < -0.39 is 5.91 Å². The van der Waals surface area contributed by atoms with Gasteiger partial charge in [-0.15, -0.1) is 0 Å². The maximum atomic E-state index is 11.2. The second-order valence-corrected chi connectivity index (χ2v) is 4.40. The van der Waals surface area contributed by atoms with Crippen LogP contribution in [0.1, 0.15) is 10.6 Å². The highest BCUT2D eigenvalue weighted by Crippen LogP contribution is 2.35. The van der Waals surface area contributed by atoms with E-state index in [4.69, 9.17) is 14.9 Å². The lowest BCUT2D eigenvalue weighted by molar-refractivity contribution is 0.0976. The first-order valence-electron chi connectivity index (χ1n) is 6.16. The molecule has 3 aromatic rings. The van der Waals surface area contributed by atoms with E-state index in [0.717, 1.165) is 22.3 Å². The molecule has 3 rings (SSSR count). The van der Waals surface area contributed by atoms with Gasteiger partial charge in [-0.25, -0.2) is 0 Å². The van der Waals surface area contributed by atoms with Crippen LogP contribution >= 0.6 is 0 Å². The number of carbonyl (C=O) groups excluding carboxylic acids is 1. The average molecular weight is 267 g/mol. The quantitative estimate of drug-likeness (QED) is 0.792. The molecule has 0 aliphatic heterocycles. The number of hydrogen-bond acceptors (Lipinski definition) is 3. The number of amides is 1. The van der Waals surface area contributed by atoms with Crippen LogP contribution in [0.3, 0.4) is 0 Å². The van der Waals surface area contributed by atoms with E-state index >= 15 is 0 Å². The van der Waals surface area contributed by atoms with E-state index in [9.17, 15) is 4.79 Å². The largest absolute Gasteiger partial charge is 0.496 e. The van der Waals surface area contributed by atoms with Crippen LogP contribution < -0.4 is 10.5 Å². The van der Waals surface area contributed by atoms with Gasteiger partial charge in [-0.3, -0.25) is 4.79 Å². The standard InChI is InChI=1S/C16H13NO3/c1-19-13-8-3-2-6-11(13)12-7-4-5-10-9-14(16(17)18)20-15(10)12/h2-9H,1H3,(H2,17,18). The fraction of sp³-hybridized carbons (Fsp3) is 0.0625. The molecule has 0 bridgehead atoms. The van der Waals surface area contributed by atoms with Gasteiger partial charge in [0.15, 0.2) is 5.76 Å². The van der Waals surface area contributed by atoms with Crippen molar-refractivity contribution in [3.8, 4) is 16.9 Å². The molecule has 4 heteroatoms. The van der Waals surface area contributed by atoms with Crippen LogP contribution in [0.5, 0.6) is 5.75 Å². The summed E-state index contributed by atoms with van der Waals surface area (Å²) in [7, 11) is 1.62. The number of benzene rings is 2. The Bertz CT molecular complexity index is 789. The van der Waals surface area contributed by atoms with Gasteiger partial charge in [-0.05, 0) is 12.1 Å². The van der Waals surface area contributed by atoms with Crippen LogP contribution in [0.2, 0.25) is 0 Å². The van der Waals surface area contributed by atoms with E-state index in [2.05, 4.69) is 0 Å². The lowest BCUT2D eigenvalue weighted by Gasteiger charge is -2.08. The van der Waals surface area contributed by atoms with Gasteiger partial charge in [0.25, 0.3) is 5.91 Å². The van der Waals surface area contributed by atoms with Crippen molar-refractivity contribution in [2.24, 2.45) is 5.73 Å². The number of carbonyl (C=O) groups is 1. The van der Waals surface area contributed by atoms with Gasteiger partial charge >= 0.3 is 0 Å². The minimum Gasteiger partial charge on any atom is -0.496 e. The fourth-order valence-corrected chi connectivity index (χ4v) is 2.26. The second kappa shape index (κ2) is 4.74. The van der Waals surface area contributed by atoms with Gasteiger partial charge in [-0.1, -0.05) is 36.4 Å². The summed E-state index contributed by atoms with van der Waals surface area (Å²) in [5.74, 6) is 0.326. The van der Waals surface area contributed by atoms with Gasteiger partial charge in [-0.2, -0.15) is 0 Å². The number of ether oxygens (including phenoxy) is 1. The summed E-state index contributed by atoms with van der Waals surface area (Å²) in [6, 6.07) is 15.0. The van der Waals surface area contributed by atoms with Crippen LogP contribution in [-0.2, 0) is 0 Å². The Labute approximate surface area is 115 Å². The van der Waals surface area contributed by atoms with E-state index in [-0.39, 0.29) is 5.76 Å². The summed E-state index contributed by atoms with van der Waals surface area (Å²) in [6.07, 6.45) is 0. The first kappa shape index (κ1) is 12.3. The van der Waals surface area contributed by atoms with Crippen molar-refractivity contribution < 1.29 is 13.9 Å². The Kier molecular flexibility index (Phi) is 2.91. The zero-order valence-electron chi connectivity index (χ0n) is 10.9. The molecule has 0 radical (unpaired) electrons. The van der Waals surface area contributed by atoms with E-state index in [0.29, 0.717) is 5.58 Å². The zero-order chi connectivity index (χ0) is 14.1. The smallest absolute Gasteiger partial charge is 0.284 e. The molecule has 100 valence electrons. The third-order valence-electron chi connectivity index (χ3n) is 3.18. The summed E-state index contributed by atoms with van der Waals surface area (Å²) in [5.41, 5.74) is 7.67. The first-order chi connectivity index (χ1) is 9.70. The number of hydrogen-bond donors (Lipinski definition) is 1. The van der Waals surface area contributed by atoms with Crippen LogP contribution in [0.4, 0.5) is 0 Å². The van der Waals surface area contributed by atoms with Crippen LogP contribution in [0, 0.1) is 0 Å². The third-order valence-corrected chi connectivity index (χ3v) is 3.18. The van der Waals surface area contributed by atoms with Gasteiger partial charge in [0.1, 0.15) is 11.3 Å². The minimum atomic E-state index is -0.577. The van der Waals surface area contributed by atoms with Crippen LogP contribution in [-0.4, -0.2) is 13.0 Å². The summed E-state index contributed by atoms with van der Waals surface area (Å²) in [4.78, 5) is 11.2. The SMILES string of the molecule is COc1ccccc1-c1cccc2cc(C(N)=O)oc12. The molecule has 0 aliphatic carbocycles. The second-order valence-electron chi connectivity index (χ2n) is 4.40. The number of methoxy groups -OCH3 is 1. The Morgan fingerprint density at radius 3 is 2.60 bits per heavy atom. The van der Waals surface area contributed by atoms with E-state index in [1.165, 1.54) is 0 Å². The number of rotatable bonds is 3. The predicted molar refractivity (Wildman–Crippen MR) is 76.7 cm³/mol. The van der Waals surface area contributed by atoms with Crippen molar-refractivity contribution in [3.05, 3.63) is 54.3 Å². The number of nitrogens with two attached hydrogens (primary N) is 1. The molecular weight excluding hydrogens is 254 g/mol. The van der Waals surface area contributed by atoms with Crippen molar-refractivity contribution in [2.75, 3.05) is 7.11 Å². The summed E-state index contributed by atoms with van der Waals surface area (Å²) >= 11 is 0. The molecule has 0 unspecified atom stereocenters. The Morgan fingerprint density at radius 2 is 1.85 bits per heavy atom. The van der Waals surface area contributed by atoms with E-state index in [1.807, 2.05) is 42.5 Å². The highest BCUT2D eigenvalue weighted by Gasteiger charge is 2.14. The summed E-state index contributed by atoms with van der Waals surface area (Å²) in [6.45, 7) is 0. The van der Waals surface area contributed by atoms with Crippen molar-refractivity contribution >= 4 is 16.9 Å². The summed E-state index contributed by atoms with van der Waals surface area (Å²) in [5, 5.41) is 0.835. The molecular formula is C16H13NO3. The maximum absolute atomic E-state index is 11.2. The number of furan rings is 1. The van der Waals surface area contributed by atoms with Gasteiger partial charge in [0.05, 0.1) is 7.11 Å². The Morgan fingerprint density at radius 1 is 1.10 bits per heavy atom. The van der Waals surface area contributed by atoms with Crippen LogP contribution in [0.15, 0.2) is 52.9 Å². The number of primary amides is 1. The molecule has 1 heterocycles. The molecule has 4 nitrogen and oxygen atoms in total. The molecule has 0 saturated heterocycles. The molecule has 0 saturated carbocycles. The van der Waals surface area contributed by atoms with Crippen molar-refractivity contribution in [3.63, 3.8) is 0 Å². The Balaban J connectivity index is 2.28. The molecule has 0 spiro atoms. The van der Waals surface area contributed by atoms with E-state index in [1.54, 1.807) is 13.2 Å². The third kappa shape index (κ3) is 1.91. The molecule has 20 heavy (non-hydrogen) atoms. The molecule has 0 fully saturated rings. The molecule has 0 aliphatic rings. The highest BCUT2D eigenvalue weighted by molar-refractivity contribution is 6.00. The van der Waals surface area contributed by atoms with Gasteiger partial charge in [0.2, 0.25) is 0 Å². The number of para-hydroxylation sites is 2. The van der Waals surface area contributed by atoms with Crippen molar-refractivity contribution in [1.82, 2.24) is 0 Å². The molecule has 1 aromatic heterocycles. The average Bonchev–Trinajstić information content (AvgIpc) is 2.91. The van der Waals surface area contributed by atoms with Crippen LogP contribution in [0.25, 0.3) is 22.1 Å². The zero-order valence-corrected chi connectivity index (χ0v) is 10.9. The predicted octanol–water partition coefficient (Wildman–Crippen LogP) is 3.21. The van der Waals surface area contributed by atoms with Gasteiger partial charge in [0, 0.05) is 16.5 Å². The highest BCUT2D eigenvalue weighted by atomic mass is 16.5. The lowest BCUT2D eigenvalue weighted by atomic mass is 10.0. The lowest BCUT2D eigenvalue weighted by Crippen LogP contribution is -2.08. The topological polar surface area (TPSA) is 65.5 Å². The Hall–Kier alpha value is -2.75. The fourth-order valence-electron chi connectivity index (χ4n) is 2.26. The molecule has 0 atom stereocenters. The van der Waals surface area contributed by atoms with Gasteiger partial charge < -0.3 is 14.9 Å². The maximum Gasteiger partial charge on any atom is 0.284 e. The monoisotopic (exact) mass is 267 g/mol. The molecule has 1 amide bonds. The minimum absolute atomic E-state index is 0.155. The normalized spacial score (nSPS) is 10.7. The molecule has 2 N–H and O–H groups in total. The first-order valence-corrected chi connectivity index (χ1v) is 6.16. The van der Waals surface area contributed by atoms with Crippen molar-refractivity contribution in [1.29, 1.82) is 0 Å².